The predicted octanol–water partition coefficient (Wildman–Crippen LogP) is 3.47. The van der Waals surface area contributed by atoms with E-state index in [2.05, 4.69) is 0 Å². The van der Waals surface area contributed by atoms with Crippen LogP contribution in [0.4, 0.5) is 4.39 Å². The molecule has 2 aromatic carbocycles. The standard InChI is InChI=1S/C16H15FO3S/c17-14-6-9-16(10-7-14)21(18,19)20-15-8-5-12-3-1-2-4-13(12)11-15/h5-11H,1-4H2. The quantitative estimate of drug-likeness (QED) is 0.816. The van der Waals surface area contributed by atoms with Gasteiger partial charge in [0.25, 0.3) is 0 Å². The molecule has 0 saturated heterocycles. The molecule has 0 fully saturated rings. The van der Waals surface area contributed by atoms with E-state index >= 15 is 0 Å². The van der Waals surface area contributed by atoms with Crippen molar-refractivity contribution in [1.82, 2.24) is 0 Å². The summed E-state index contributed by atoms with van der Waals surface area (Å²) in [6, 6.07) is 9.98. The number of fused-ring (bicyclic) bond motifs is 1. The zero-order valence-electron chi connectivity index (χ0n) is 11.4. The smallest absolute Gasteiger partial charge is 0.339 e. The first-order valence-electron chi connectivity index (χ1n) is 6.86. The minimum Gasteiger partial charge on any atom is -0.379 e. The second kappa shape index (κ2) is 5.48. The summed E-state index contributed by atoms with van der Waals surface area (Å²) in [6.45, 7) is 0. The molecule has 1 aliphatic carbocycles. The largest absolute Gasteiger partial charge is 0.379 e. The normalized spacial score (nSPS) is 14.5. The molecule has 0 bridgehead atoms. The van der Waals surface area contributed by atoms with Crippen molar-refractivity contribution in [3.05, 3.63) is 59.4 Å². The van der Waals surface area contributed by atoms with Crippen molar-refractivity contribution < 1.29 is 17.0 Å². The SMILES string of the molecule is O=S(=O)(Oc1ccc2c(c1)CCCC2)c1ccc(F)cc1. The highest BCUT2D eigenvalue weighted by Gasteiger charge is 2.18. The maximum atomic E-state index is 12.9. The van der Waals surface area contributed by atoms with Crippen molar-refractivity contribution in [1.29, 1.82) is 0 Å². The maximum Gasteiger partial charge on any atom is 0.339 e. The van der Waals surface area contributed by atoms with E-state index in [9.17, 15) is 12.8 Å². The van der Waals surface area contributed by atoms with Gasteiger partial charge in [-0.15, -0.1) is 0 Å². The number of hydrogen-bond donors (Lipinski definition) is 0. The number of rotatable bonds is 3. The van der Waals surface area contributed by atoms with Crippen molar-refractivity contribution in [2.75, 3.05) is 0 Å². The van der Waals surface area contributed by atoms with Gasteiger partial charge in [0.15, 0.2) is 0 Å². The van der Waals surface area contributed by atoms with Gasteiger partial charge in [0.05, 0.1) is 0 Å². The summed E-state index contributed by atoms with van der Waals surface area (Å²) in [7, 11) is -3.92. The van der Waals surface area contributed by atoms with E-state index in [1.807, 2.05) is 6.07 Å². The van der Waals surface area contributed by atoms with Gasteiger partial charge in [0, 0.05) is 0 Å². The van der Waals surface area contributed by atoms with Gasteiger partial charge in [-0.2, -0.15) is 8.42 Å². The van der Waals surface area contributed by atoms with Crippen LogP contribution in [0.15, 0.2) is 47.4 Å². The van der Waals surface area contributed by atoms with Gasteiger partial charge >= 0.3 is 10.1 Å². The van der Waals surface area contributed by atoms with Gasteiger partial charge < -0.3 is 4.18 Å². The highest BCUT2D eigenvalue weighted by Crippen LogP contribution is 2.27. The Hall–Kier alpha value is -1.88. The molecule has 0 spiro atoms. The molecular weight excluding hydrogens is 291 g/mol. The number of halogens is 1. The highest BCUT2D eigenvalue weighted by atomic mass is 32.2. The second-order valence-corrected chi connectivity index (χ2v) is 6.68. The molecule has 0 N–H and O–H groups in total. The lowest BCUT2D eigenvalue weighted by Gasteiger charge is -2.16. The van der Waals surface area contributed by atoms with E-state index < -0.39 is 15.9 Å². The van der Waals surface area contributed by atoms with Gasteiger partial charge in [0.1, 0.15) is 16.5 Å². The van der Waals surface area contributed by atoms with Crippen LogP contribution in [0.2, 0.25) is 0 Å². The highest BCUT2D eigenvalue weighted by molar-refractivity contribution is 7.87. The van der Waals surface area contributed by atoms with Gasteiger partial charge in [0.2, 0.25) is 0 Å². The summed E-state index contributed by atoms with van der Waals surface area (Å²) in [5.41, 5.74) is 2.40. The minimum atomic E-state index is -3.92. The first kappa shape index (κ1) is 14.1. The first-order chi connectivity index (χ1) is 10.0. The zero-order valence-corrected chi connectivity index (χ0v) is 12.2. The van der Waals surface area contributed by atoms with Crippen molar-refractivity contribution in [3.8, 4) is 5.75 Å². The fourth-order valence-electron chi connectivity index (χ4n) is 2.54. The molecule has 0 atom stereocenters. The van der Waals surface area contributed by atoms with Crippen LogP contribution in [0.1, 0.15) is 24.0 Å². The summed E-state index contributed by atoms with van der Waals surface area (Å²) in [5.74, 6) is -0.178. The lowest BCUT2D eigenvalue weighted by atomic mass is 9.92. The van der Waals surface area contributed by atoms with E-state index in [-0.39, 0.29) is 4.90 Å². The van der Waals surface area contributed by atoms with Crippen molar-refractivity contribution in [2.45, 2.75) is 30.6 Å². The molecule has 0 heterocycles. The van der Waals surface area contributed by atoms with Crippen LogP contribution >= 0.6 is 0 Å². The molecular formula is C16H15FO3S. The molecule has 0 unspecified atom stereocenters. The van der Waals surface area contributed by atoms with Crippen molar-refractivity contribution in [3.63, 3.8) is 0 Å². The van der Waals surface area contributed by atoms with E-state index in [0.717, 1.165) is 37.0 Å². The molecule has 5 heteroatoms. The molecule has 0 saturated carbocycles. The average molecular weight is 306 g/mol. The van der Waals surface area contributed by atoms with E-state index in [4.69, 9.17) is 4.18 Å². The molecule has 2 aromatic rings. The number of benzene rings is 2. The average Bonchev–Trinajstić information content (AvgIpc) is 2.47. The van der Waals surface area contributed by atoms with Gasteiger partial charge in [-0.3, -0.25) is 0 Å². The summed E-state index contributed by atoms with van der Waals surface area (Å²) >= 11 is 0. The summed E-state index contributed by atoms with van der Waals surface area (Å²) in [5, 5.41) is 0. The van der Waals surface area contributed by atoms with Gasteiger partial charge in [-0.25, -0.2) is 4.39 Å². The molecule has 0 radical (unpaired) electrons. The van der Waals surface area contributed by atoms with Crippen LogP contribution in [0, 0.1) is 5.82 Å². The molecule has 21 heavy (non-hydrogen) atoms. The van der Waals surface area contributed by atoms with Crippen LogP contribution in [-0.4, -0.2) is 8.42 Å². The molecule has 3 nitrogen and oxygen atoms in total. The Bertz CT molecular complexity index is 752. The summed E-state index contributed by atoms with van der Waals surface area (Å²) < 4.78 is 42.3. The van der Waals surface area contributed by atoms with Crippen LogP contribution in [0.3, 0.4) is 0 Å². The molecule has 3 rings (SSSR count). The molecule has 0 amide bonds. The Balaban J connectivity index is 1.87. The monoisotopic (exact) mass is 306 g/mol. The molecule has 0 aromatic heterocycles. The van der Waals surface area contributed by atoms with E-state index in [0.29, 0.717) is 5.75 Å². The maximum absolute atomic E-state index is 12.9. The third kappa shape index (κ3) is 3.08. The van der Waals surface area contributed by atoms with E-state index in [1.165, 1.54) is 24.1 Å². The number of hydrogen-bond acceptors (Lipinski definition) is 3. The Morgan fingerprint density at radius 2 is 1.57 bits per heavy atom. The van der Waals surface area contributed by atoms with Crippen LogP contribution in [0.25, 0.3) is 0 Å². The Kier molecular flexibility index (Phi) is 3.68. The van der Waals surface area contributed by atoms with E-state index in [1.54, 1.807) is 12.1 Å². The molecule has 1 aliphatic rings. The van der Waals surface area contributed by atoms with Crippen molar-refractivity contribution in [2.24, 2.45) is 0 Å². The predicted molar refractivity (Wildman–Crippen MR) is 77.3 cm³/mol. The third-order valence-corrected chi connectivity index (χ3v) is 4.89. The Morgan fingerprint density at radius 1 is 0.905 bits per heavy atom. The molecule has 0 aliphatic heterocycles. The zero-order chi connectivity index (χ0) is 14.9. The third-order valence-electron chi connectivity index (χ3n) is 3.63. The topological polar surface area (TPSA) is 43.4 Å². The van der Waals surface area contributed by atoms with Crippen LogP contribution in [-0.2, 0) is 23.0 Å². The van der Waals surface area contributed by atoms with Crippen LogP contribution in [0.5, 0.6) is 5.75 Å². The lowest BCUT2D eigenvalue weighted by Crippen LogP contribution is -2.11. The fraction of sp³-hybridized carbons (Fsp3) is 0.250. The summed E-state index contributed by atoms with van der Waals surface area (Å²) in [4.78, 5) is -0.0541. The molecule has 110 valence electrons. The lowest BCUT2D eigenvalue weighted by molar-refractivity contribution is 0.485. The summed E-state index contributed by atoms with van der Waals surface area (Å²) in [6.07, 6.45) is 4.26. The number of aryl methyl sites for hydroxylation is 2. The van der Waals surface area contributed by atoms with Crippen molar-refractivity contribution >= 4 is 10.1 Å². The fourth-order valence-corrected chi connectivity index (χ4v) is 3.46. The Morgan fingerprint density at radius 3 is 2.29 bits per heavy atom. The van der Waals surface area contributed by atoms with Crippen LogP contribution < -0.4 is 4.18 Å². The van der Waals surface area contributed by atoms with Gasteiger partial charge in [-0.1, -0.05) is 6.07 Å². The second-order valence-electron chi connectivity index (χ2n) is 5.13. The first-order valence-corrected chi connectivity index (χ1v) is 8.27. The Labute approximate surface area is 123 Å². The minimum absolute atomic E-state index is 0.0541. The van der Waals surface area contributed by atoms with Gasteiger partial charge in [-0.05, 0) is 73.2 Å².